The van der Waals surface area contributed by atoms with Crippen LogP contribution in [0.2, 0.25) is 0 Å². The fourth-order valence-electron chi connectivity index (χ4n) is 2.37. The molecule has 1 aromatic rings. The highest BCUT2D eigenvalue weighted by Gasteiger charge is 2.20. The van der Waals surface area contributed by atoms with Crippen LogP contribution in [-0.2, 0) is 9.59 Å². The molecule has 1 fully saturated rings. The van der Waals surface area contributed by atoms with Crippen molar-refractivity contribution in [3.8, 4) is 0 Å². The maximum absolute atomic E-state index is 11.9. The molecule has 4 nitrogen and oxygen atoms in total. The average molecular weight is 260 g/mol. The van der Waals surface area contributed by atoms with E-state index in [-0.39, 0.29) is 11.8 Å². The van der Waals surface area contributed by atoms with Gasteiger partial charge < -0.3 is 10.1 Å². The van der Waals surface area contributed by atoms with Gasteiger partial charge in [-0.3, -0.25) is 9.69 Å². The molecule has 0 aliphatic carbocycles. The summed E-state index contributed by atoms with van der Waals surface area (Å²) in [5, 5.41) is 2.91. The Morgan fingerprint density at radius 2 is 2.16 bits per heavy atom. The number of piperidine rings is 1. The molecule has 1 N–H and O–H groups in total. The number of hydrogen-bond acceptors (Lipinski definition) is 3. The molecule has 4 heteroatoms. The summed E-state index contributed by atoms with van der Waals surface area (Å²) >= 11 is 0. The van der Waals surface area contributed by atoms with E-state index in [1.165, 1.54) is 0 Å². The van der Waals surface area contributed by atoms with E-state index in [1.54, 1.807) is 0 Å². The number of hydrogen-bond donors (Lipinski definition) is 1. The highest BCUT2D eigenvalue weighted by molar-refractivity contribution is 5.92. The van der Waals surface area contributed by atoms with Crippen LogP contribution in [0, 0.1) is 12.8 Å². The number of carbonyl (C=O) groups is 2. The smallest absolute Gasteiger partial charge is 0.238 e. The molecule has 1 amide bonds. The maximum Gasteiger partial charge on any atom is 0.238 e. The van der Waals surface area contributed by atoms with Crippen molar-refractivity contribution in [3.63, 3.8) is 0 Å². The van der Waals surface area contributed by atoms with Gasteiger partial charge >= 0.3 is 0 Å². The number of rotatable bonds is 4. The van der Waals surface area contributed by atoms with Crippen molar-refractivity contribution in [1.29, 1.82) is 0 Å². The lowest BCUT2D eigenvalue weighted by Gasteiger charge is -2.28. The van der Waals surface area contributed by atoms with Crippen LogP contribution in [0.1, 0.15) is 18.4 Å². The Labute approximate surface area is 113 Å². The minimum atomic E-state index is 0.00940. The quantitative estimate of drug-likeness (QED) is 0.840. The van der Waals surface area contributed by atoms with E-state index in [0.29, 0.717) is 6.54 Å². The van der Waals surface area contributed by atoms with Crippen LogP contribution in [0.4, 0.5) is 5.69 Å². The predicted octanol–water partition coefficient (Wildman–Crippen LogP) is 1.84. The average Bonchev–Trinajstić information content (AvgIpc) is 2.39. The lowest BCUT2D eigenvalue weighted by molar-refractivity contribution is -0.117. The van der Waals surface area contributed by atoms with Crippen LogP contribution in [0.5, 0.6) is 0 Å². The van der Waals surface area contributed by atoms with Gasteiger partial charge in [-0.2, -0.15) is 0 Å². The zero-order valence-electron chi connectivity index (χ0n) is 11.3. The van der Waals surface area contributed by atoms with Gasteiger partial charge in [-0.15, -0.1) is 0 Å². The first-order valence-corrected chi connectivity index (χ1v) is 6.71. The second kappa shape index (κ2) is 6.48. The van der Waals surface area contributed by atoms with Crippen LogP contribution in [0.15, 0.2) is 24.3 Å². The number of carbonyl (C=O) groups excluding carboxylic acids is 2. The molecular weight excluding hydrogens is 240 g/mol. The van der Waals surface area contributed by atoms with E-state index >= 15 is 0 Å². The zero-order chi connectivity index (χ0) is 13.7. The Bertz CT molecular complexity index is 451. The zero-order valence-corrected chi connectivity index (χ0v) is 11.3. The summed E-state index contributed by atoms with van der Waals surface area (Å²) in [7, 11) is 0. The molecular formula is C15H20N2O2. The Hall–Kier alpha value is -1.68. The molecule has 1 saturated heterocycles. The lowest BCUT2D eigenvalue weighted by Crippen LogP contribution is -2.39. The molecule has 102 valence electrons. The van der Waals surface area contributed by atoms with E-state index in [0.717, 1.165) is 43.5 Å². The van der Waals surface area contributed by atoms with E-state index in [4.69, 9.17) is 0 Å². The third kappa shape index (κ3) is 4.17. The lowest BCUT2D eigenvalue weighted by atomic mass is 9.99. The van der Waals surface area contributed by atoms with Crippen molar-refractivity contribution in [2.45, 2.75) is 19.8 Å². The molecule has 1 aromatic carbocycles. The van der Waals surface area contributed by atoms with Gasteiger partial charge in [0.2, 0.25) is 5.91 Å². The highest BCUT2D eigenvalue weighted by Crippen LogP contribution is 2.15. The van der Waals surface area contributed by atoms with Gasteiger partial charge in [-0.05, 0) is 50.6 Å². The minimum absolute atomic E-state index is 0.00940. The highest BCUT2D eigenvalue weighted by atomic mass is 16.2. The summed E-state index contributed by atoms with van der Waals surface area (Å²) in [6.07, 6.45) is 2.76. The predicted molar refractivity (Wildman–Crippen MR) is 75.0 cm³/mol. The number of aryl methyl sites for hydroxylation is 1. The largest absolute Gasteiger partial charge is 0.325 e. The third-order valence-corrected chi connectivity index (χ3v) is 3.49. The Balaban J connectivity index is 1.80. The van der Waals surface area contributed by atoms with Crippen molar-refractivity contribution in [2.75, 3.05) is 25.0 Å². The van der Waals surface area contributed by atoms with Gasteiger partial charge in [0.15, 0.2) is 0 Å². The molecule has 1 aliphatic heterocycles. The van der Waals surface area contributed by atoms with Gasteiger partial charge in [0.1, 0.15) is 6.29 Å². The molecule has 1 heterocycles. The van der Waals surface area contributed by atoms with Gasteiger partial charge in [0.05, 0.1) is 6.54 Å². The Morgan fingerprint density at radius 3 is 2.79 bits per heavy atom. The first-order chi connectivity index (χ1) is 9.17. The van der Waals surface area contributed by atoms with Gasteiger partial charge in [0, 0.05) is 11.6 Å². The monoisotopic (exact) mass is 260 g/mol. The third-order valence-electron chi connectivity index (χ3n) is 3.49. The Kier molecular flexibility index (Phi) is 4.68. The molecule has 0 radical (unpaired) electrons. The SMILES string of the molecule is Cc1cccc(NC(=O)CN2CCC(C=O)CC2)c1. The van der Waals surface area contributed by atoms with E-state index in [2.05, 4.69) is 10.2 Å². The van der Waals surface area contributed by atoms with Crippen molar-refractivity contribution >= 4 is 17.9 Å². The van der Waals surface area contributed by atoms with Crippen LogP contribution in [0.25, 0.3) is 0 Å². The fourth-order valence-corrected chi connectivity index (χ4v) is 2.37. The summed E-state index contributed by atoms with van der Waals surface area (Å²) in [6.45, 7) is 4.05. The summed E-state index contributed by atoms with van der Waals surface area (Å²) in [6, 6.07) is 7.78. The summed E-state index contributed by atoms with van der Waals surface area (Å²) < 4.78 is 0. The number of nitrogens with one attached hydrogen (secondary N) is 1. The van der Waals surface area contributed by atoms with Gasteiger partial charge in [0.25, 0.3) is 0 Å². The first-order valence-electron chi connectivity index (χ1n) is 6.71. The van der Waals surface area contributed by atoms with Gasteiger partial charge in [-0.1, -0.05) is 12.1 Å². The molecule has 0 aromatic heterocycles. The van der Waals surface area contributed by atoms with E-state index in [9.17, 15) is 9.59 Å². The van der Waals surface area contributed by atoms with Crippen molar-refractivity contribution in [3.05, 3.63) is 29.8 Å². The minimum Gasteiger partial charge on any atom is -0.325 e. The summed E-state index contributed by atoms with van der Waals surface area (Å²) in [5.41, 5.74) is 1.97. The molecule has 0 atom stereocenters. The standard InChI is InChI=1S/C15H20N2O2/c1-12-3-2-4-14(9-12)16-15(19)10-17-7-5-13(11-18)6-8-17/h2-4,9,11,13H,5-8,10H2,1H3,(H,16,19). The second-order valence-corrected chi connectivity index (χ2v) is 5.17. The maximum atomic E-state index is 11.9. The topological polar surface area (TPSA) is 49.4 Å². The summed E-state index contributed by atoms with van der Waals surface area (Å²) in [5.74, 6) is 0.186. The summed E-state index contributed by atoms with van der Waals surface area (Å²) in [4.78, 5) is 24.7. The van der Waals surface area contributed by atoms with Crippen LogP contribution in [-0.4, -0.2) is 36.7 Å². The molecule has 0 unspecified atom stereocenters. The molecule has 1 aliphatic rings. The number of nitrogens with zero attached hydrogens (tertiary/aromatic N) is 1. The molecule has 0 bridgehead atoms. The number of likely N-dealkylation sites (tertiary alicyclic amines) is 1. The molecule has 0 spiro atoms. The number of aldehydes is 1. The van der Waals surface area contributed by atoms with Crippen LogP contribution in [0.3, 0.4) is 0 Å². The first kappa shape index (κ1) is 13.7. The number of anilines is 1. The Morgan fingerprint density at radius 1 is 1.42 bits per heavy atom. The van der Waals surface area contributed by atoms with Gasteiger partial charge in [-0.25, -0.2) is 0 Å². The van der Waals surface area contributed by atoms with Crippen LogP contribution >= 0.6 is 0 Å². The van der Waals surface area contributed by atoms with Crippen molar-refractivity contribution in [1.82, 2.24) is 4.90 Å². The van der Waals surface area contributed by atoms with E-state index in [1.807, 2.05) is 31.2 Å². The normalized spacial score (nSPS) is 17.1. The fraction of sp³-hybridized carbons (Fsp3) is 0.467. The van der Waals surface area contributed by atoms with E-state index < -0.39 is 0 Å². The number of amides is 1. The molecule has 0 saturated carbocycles. The molecule has 19 heavy (non-hydrogen) atoms. The van der Waals surface area contributed by atoms with Crippen molar-refractivity contribution in [2.24, 2.45) is 5.92 Å². The van der Waals surface area contributed by atoms with Crippen molar-refractivity contribution < 1.29 is 9.59 Å². The second-order valence-electron chi connectivity index (χ2n) is 5.17. The number of benzene rings is 1. The van der Waals surface area contributed by atoms with Crippen LogP contribution < -0.4 is 5.32 Å². The molecule has 2 rings (SSSR count).